The second kappa shape index (κ2) is 3.22. The molecular formula is C8H15NO3S. The van der Waals surface area contributed by atoms with Gasteiger partial charge in [0.05, 0.1) is 17.6 Å². The zero-order chi connectivity index (χ0) is 9.47. The Balaban J connectivity index is 1.92. The molecule has 1 aliphatic heterocycles. The first kappa shape index (κ1) is 9.43. The highest BCUT2D eigenvalue weighted by Crippen LogP contribution is 2.21. The van der Waals surface area contributed by atoms with Gasteiger partial charge in [-0.25, -0.2) is 8.42 Å². The van der Waals surface area contributed by atoms with E-state index in [0.29, 0.717) is 6.04 Å². The topological polar surface area (TPSA) is 66.4 Å². The van der Waals surface area contributed by atoms with Crippen molar-refractivity contribution in [3.05, 3.63) is 0 Å². The van der Waals surface area contributed by atoms with E-state index in [1.165, 1.54) is 6.42 Å². The Hall–Kier alpha value is -0.130. The molecule has 2 fully saturated rings. The maximum absolute atomic E-state index is 11.1. The molecule has 0 amide bonds. The highest BCUT2D eigenvalue weighted by atomic mass is 32.2. The Labute approximate surface area is 78.3 Å². The molecule has 76 valence electrons. The van der Waals surface area contributed by atoms with Crippen LogP contribution in [0.1, 0.15) is 19.3 Å². The van der Waals surface area contributed by atoms with Crippen LogP contribution in [0.25, 0.3) is 0 Å². The normalized spacial score (nSPS) is 38.8. The van der Waals surface area contributed by atoms with Crippen molar-refractivity contribution in [2.24, 2.45) is 0 Å². The number of aliphatic hydroxyl groups excluding tert-OH is 1. The van der Waals surface area contributed by atoms with E-state index in [2.05, 4.69) is 5.32 Å². The van der Waals surface area contributed by atoms with Crippen LogP contribution in [-0.2, 0) is 9.84 Å². The summed E-state index contributed by atoms with van der Waals surface area (Å²) in [4.78, 5) is 0. The lowest BCUT2D eigenvalue weighted by molar-refractivity contribution is 0.148. The molecule has 2 aliphatic rings. The summed E-state index contributed by atoms with van der Waals surface area (Å²) in [5.41, 5.74) is 0. The highest BCUT2D eigenvalue weighted by Gasteiger charge is 2.37. The lowest BCUT2D eigenvalue weighted by Gasteiger charge is -2.30. The van der Waals surface area contributed by atoms with Crippen molar-refractivity contribution in [3.63, 3.8) is 0 Å². The van der Waals surface area contributed by atoms with Crippen LogP contribution in [0.5, 0.6) is 0 Å². The van der Waals surface area contributed by atoms with Crippen molar-refractivity contribution in [1.82, 2.24) is 5.32 Å². The molecule has 0 spiro atoms. The first-order valence-corrected chi connectivity index (χ1v) is 6.53. The summed E-state index contributed by atoms with van der Waals surface area (Å²) in [6.45, 7) is 0. The summed E-state index contributed by atoms with van der Waals surface area (Å²) in [7, 11) is -2.99. The smallest absolute Gasteiger partial charge is 0.154 e. The number of hydrogen-bond donors (Lipinski definition) is 2. The van der Waals surface area contributed by atoms with E-state index in [4.69, 9.17) is 0 Å². The molecule has 0 aromatic carbocycles. The first-order chi connectivity index (χ1) is 6.07. The van der Waals surface area contributed by atoms with Crippen molar-refractivity contribution >= 4 is 9.84 Å². The van der Waals surface area contributed by atoms with Crippen molar-refractivity contribution < 1.29 is 13.5 Å². The van der Waals surface area contributed by atoms with Crippen LogP contribution in [-0.4, -0.2) is 43.2 Å². The van der Waals surface area contributed by atoms with Gasteiger partial charge in [-0.15, -0.1) is 0 Å². The fraction of sp³-hybridized carbons (Fsp3) is 1.00. The van der Waals surface area contributed by atoms with Crippen molar-refractivity contribution in [2.45, 2.75) is 37.5 Å². The third-order valence-corrected chi connectivity index (χ3v) is 4.59. The molecule has 1 aliphatic carbocycles. The van der Waals surface area contributed by atoms with Gasteiger partial charge in [-0.1, -0.05) is 6.42 Å². The van der Waals surface area contributed by atoms with Gasteiger partial charge >= 0.3 is 0 Å². The lowest BCUT2D eigenvalue weighted by atomic mass is 9.92. The number of rotatable bonds is 2. The summed E-state index contributed by atoms with van der Waals surface area (Å²) in [5.74, 6) is 0.0298. The van der Waals surface area contributed by atoms with E-state index >= 15 is 0 Å². The van der Waals surface area contributed by atoms with Gasteiger partial charge in [-0.05, 0) is 12.8 Å². The molecule has 0 bridgehead atoms. The summed E-state index contributed by atoms with van der Waals surface area (Å²) in [6, 6.07) is 0.211. The van der Waals surface area contributed by atoms with Crippen molar-refractivity contribution in [3.8, 4) is 0 Å². The molecule has 4 nitrogen and oxygen atoms in total. The van der Waals surface area contributed by atoms with Gasteiger partial charge in [0.2, 0.25) is 0 Å². The van der Waals surface area contributed by atoms with E-state index in [0.717, 1.165) is 12.8 Å². The zero-order valence-electron chi connectivity index (χ0n) is 7.44. The number of nitrogens with one attached hydrogen (secondary N) is 1. The van der Waals surface area contributed by atoms with Crippen molar-refractivity contribution in [2.75, 3.05) is 11.5 Å². The predicted molar refractivity (Wildman–Crippen MR) is 49.2 cm³/mol. The van der Waals surface area contributed by atoms with E-state index < -0.39 is 15.9 Å². The average molecular weight is 205 g/mol. The summed E-state index contributed by atoms with van der Waals surface area (Å²) >= 11 is 0. The van der Waals surface area contributed by atoms with Gasteiger partial charge in [-0.2, -0.15) is 0 Å². The molecule has 1 saturated carbocycles. The second-order valence-corrected chi connectivity index (χ2v) is 6.20. The molecular weight excluding hydrogens is 190 g/mol. The third-order valence-electron chi connectivity index (χ3n) is 2.88. The Morgan fingerprint density at radius 2 is 1.92 bits per heavy atom. The van der Waals surface area contributed by atoms with Crippen LogP contribution in [0.3, 0.4) is 0 Å². The van der Waals surface area contributed by atoms with Crippen LogP contribution in [0.15, 0.2) is 0 Å². The number of sulfone groups is 1. The quantitative estimate of drug-likeness (QED) is 0.625. The van der Waals surface area contributed by atoms with Gasteiger partial charge in [0.1, 0.15) is 0 Å². The Kier molecular flexibility index (Phi) is 2.33. The lowest BCUT2D eigenvalue weighted by Crippen LogP contribution is -2.47. The molecule has 5 heteroatoms. The van der Waals surface area contributed by atoms with E-state index in [1.54, 1.807) is 0 Å². The fourth-order valence-corrected chi connectivity index (χ4v) is 3.62. The van der Waals surface area contributed by atoms with Crippen LogP contribution < -0.4 is 5.32 Å². The average Bonchev–Trinajstić information content (AvgIpc) is 2.16. The molecule has 2 N–H and O–H groups in total. The van der Waals surface area contributed by atoms with Crippen LogP contribution in [0, 0.1) is 0 Å². The minimum Gasteiger partial charge on any atom is -0.390 e. The fourth-order valence-electron chi connectivity index (χ4n) is 1.87. The second-order valence-electron chi connectivity index (χ2n) is 4.05. The number of aliphatic hydroxyl groups is 1. The molecule has 0 aromatic rings. The summed E-state index contributed by atoms with van der Waals surface area (Å²) < 4.78 is 22.3. The molecule has 1 heterocycles. The molecule has 0 aromatic heterocycles. The SMILES string of the molecule is O=S1(=O)CC(O)C(NC2CCC2)C1. The summed E-state index contributed by atoms with van der Waals surface area (Å²) in [5, 5.41) is 12.6. The Morgan fingerprint density at radius 1 is 1.23 bits per heavy atom. The molecule has 2 atom stereocenters. The van der Waals surface area contributed by atoms with Crippen molar-refractivity contribution in [1.29, 1.82) is 0 Å². The molecule has 13 heavy (non-hydrogen) atoms. The first-order valence-electron chi connectivity index (χ1n) is 4.71. The van der Waals surface area contributed by atoms with E-state index in [-0.39, 0.29) is 17.5 Å². The highest BCUT2D eigenvalue weighted by molar-refractivity contribution is 7.91. The Bertz CT molecular complexity index is 284. The van der Waals surface area contributed by atoms with Crippen LogP contribution in [0.4, 0.5) is 0 Å². The standard InChI is InChI=1S/C8H15NO3S/c10-8-5-13(11,12)4-7(8)9-6-2-1-3-6/h6-10H,1-5H2. The van der Waals surface area contributed by atoms with Gasteiger partial charge in [-0.3, -0.25) is 0 Å². The molecule has 0 radical (unpaired) electrons. The molecule has 1 saturated heterocycles. The minimum atomic E-state index is -2.99. The number of hydrogen-bond acceptors (Lipinski definition) is 4. The predicted octanol–water partition coefficient (Wildman–Crippen LogP) is -0.714. The van der Waals surface area contributed by atoms with Gasteiger partial charge in [0.15, 0.2) is 9.84 Å². The van der Waals surface area contributed by atoms with Crippen LogP contribution >= 0.6 is 0 Å². The molecule has 2 unspecified atom stereocenters. The maximum Gasteiger partial charge on any atom is 0.154 e. The molecule has 2 rings (SSSR count). The van der Waals surface area contributed by atoms with Gasteiger partial charge < -0.3 is 10.4 Å². The maximum atomic E-state index is 11.1. The van der Waals surface area contributed by atoms with E-state index in [1.807, 2.05) is 0 Å². The minimum absolute atomic E-state index is 0.0720. The zero-order valence-corrected chi connectivity index (χ0v) is 8.26. The largest absolute Gasteiger partial charge is 0.390 e. The van der Waals surface area contributed by atoms with E-state index in [9.17, 15) is 13.5 Å². The Morgan fingerprint density at radius 3 is 2.31 bits per heavy atom. The van der Waals surface area contributed by atoms with Crippen LogP contribution in [0.2, 0.25) is 0 Å². The third kappa shape index (κ3) is 2.03. The summed E-state index contributed by atoms with van der Waals surface area (Å²) in [6.07, 6.45) is 2.74. The van der Waals surface area contributed by atoms with Gasteiger partial charge in [0, 0.05) is 12.1 Å². The monoisotopic (exact) mass is 205 g/mol. The van der Waals surface area contributed by atoms with Gasteiger partial charge in [0.25, 0.3) is 0 Å².